The van der Waals surface area contributed by atoms with Crippen molar-refractivity contribution in [3.63, 3.8) is 0 Å². The van der Waals surface area contributed by atoms with Gasteiger partial charge in [-0.25, -0.2) is 9.69 Å². The first kappa shape index (κ1) is 28.7. The van der Waals surface area contributed by atoms with Gasteiger partial charge in [0.2, 0.25) is 11.9 Å². The summed E-state index contributed by atoms with van der Waals surface area (Å²) in [5.74, 6) is 0.534. The van der Waals surface area contributed by atoms with Gasteiger partial charge < -0.3 is 9.64 Å². The molecule has 2 aromatic heterocycles. The number of aromatic nitrogens is 4. The van der Waals surface area contributed by atoms with Crippen LogP contribution >= 0.6 is 11.6 Å². The van der Waals surface area contributed by atoms with E-state index in [0.717, 1.165) is 10.1 Å². The summed E-state index contributed by atoms with van der Waals surface area (Å²) in [6, 6.07) is 13.9. The Labute approximate surface area is 252 Å². The third kappa shape index (κ3) is 5.00. The van der Waals surface area contributed by atoms with Crippen molar-refractivity contribution in [1.82, 2.24) is 23.6 Å². The molecule has 1 unspecified atom stereocenters. The lowest BCUT2D eigenvalue weighted by atomic mass is 10.1. The topological polar surface area (TPSA) is 115 Å². The van der Waals surface area contributed by atoms with Crippen molar-refractivity contribution in [2.24, 2.45) is 14.1 Å². The Kier molecular flexibility index (Phi) is 7.57. The van der Waals surface area contributed by atoms with E-state index in [1.807, 2.05) is 34.6 Å². The number of nitrogens with zero attached hydrogens (tertiary/aromatic N) is 7. The van der Waals surface area contributed by atoms with Crippen molar-refractivity contribution in [2.75, 3.05) is 42.6 Å². The minimum atomic E-state index is -0.578. The zero-order valence-corrected chi connectivity index (χ0v) is 25.0. The zero-order valence-electron chi connectivity index (χ0n) is 24.2. The van der Waals surface area contributed by atoms with Crippen LogP contribution in [0, 0.1) is 0 Å². The lowest BCUT2D eigenvalue weighted by molar-refractivity contribution is -0.123. The average Bonchev–Trinajstić information content (AvgIpc) is 3.53. The van der Waals surface area contributed by atoms with Crippen LogP contribution in [0.4, 0.5) is 11.6 Å². The van der Waals surface area contributed by atoms with Crippen LogP contribution in [0.15, 0.2) is 58.1 Å². The van der Waals surface area contributed by atoms with E-state index in [4.69, 9.17) is 21.3 Å². The number of imidazole rings is 1. The highest BCUT2D eigenvalue weighted by Gasteiger charge is 2.44. The second-order valence-corrected chi connectivity index (χ2v) is 11.1. The number of carbonyl (C=O) groups excluding carboxylic acids is 2. The number of anilines is 2. The molecule has 2 aliphatic rings. The number of imide groups is 1. The number of aryl methyl sites for hydroxylation is 1. The van der Waals surface area contributed by atoms with Crippen molar-refractivity contribution >= 4 is 46.2 Å². The van der Waals surface area contributed by atoms with Crippen molar-refractivity contribution < 1.29 is 14.3 Å². The molecule has 1 atom stereocenters. The molecule has 2 amide bonds. The maximum absolute atomic E-state index is 13.6. The lowest BCUT2D eigenvalue weighted by Gasteiger charge is -2.37. The number of amides is 2. The van der Waals surface area contributed by atoms with Gasteiger partial charge in [0.25, 0.3) is 11.5 Å². The largest absolute Gasteiger partial charge is 0.492 e. The van der Waals surface area contributed by atoms with Gasteiger partial charge in [-0.1, -0.05) is 35.9 Å². The molecule has 2 saturated heterocycles. The number of para-hydroxylation sites is 2. The Morgan fingerprint density at radius 1 is 0.930 bits per heavy atom. The number of ether oxygens (including phenoxy) is 1. The van der Waals surface area contributed by atoms with Crippen LogP contribution in [0.1, 0.15) is 18.9 Å². The molecule has 0 radical (unpaired) electrons. The maximum atomic E-state index is 13.6. The van der Waals surface area contributed by atoms with Gasteiger partial charge in [-0.3, -0.25) is 33.0 Å². The fourth-order valence-corrected chi connectivity index (χ4v) is 6.03. The molecule has 6 rings (SSSR count). The van der Waals surface area contributed by atoms with E-state index in [1.54, 1.807) is 37.4 Å². The first-order chi connectivity index (χ1) is 20.7. The van der Waals surface area contributed by atoms with E-state index in [9.17, 15) is 19.2 Å². The fourth-order valence-electron chi connectivity index (χ4n) is 5.91. The van der Waals surface area contributed by atoms with E-state index < -0.39 is 17.3 Å². The molecule has 12 nitrogen and oxygen atoms in total. The molecule has 0 bridgehead atoms. The molecule has 4 aromatic rings. The Morgan fingerprint density at radius 3 is 2.33 bits per heavy atom. The Balaban J connectivity index is 1.28. The van der Waals surface area contributed by atoms with Gasteiger partial charge in [0.05, 0.1) is 31.3 Å². The highest BCUT2D eigenvalue weighted by molar-refractivity contribution is 6.30. The van der Waals surface area contributed by atoms with Crippen molar-refractivity contribution in [3.8, 4) is 5.75 Å². The van der Waals surface area contributed by atoms with Crippen LogP contribution in [-0.2, 0) is 30.2 Å². The van der Waals surface area contributed by atoms with E-state index in [1.165, 1.54) is 16.5 Å². The molecule has 0 spiro atoms. The number of fused-ring (bicyclic) bond motifs is 1. The summed E-state index contributed by atoms with van der Waals surface area (Å²) >= 11 is 6.10. The molecule has 0 aliphatic carbocycles. The predicted octanol–water partition coefficient (Wildman–Crippen LogP) is 1.99. The van der Waals surface area contributed by atoms with Crippen LogP contribution in [0.2, 0.25) is 5.02 Å². The van der Waals surface area contributed by atoms with Gasteiger partial charge in [0.1, 0.15) is 5.75 Å². The number of rotatable bonds is 7. The van der Waals surface area contributed by atoms with Gasteiger partial charge in [-0.2, -0.15) is 4.98 Å². The van der Waals surface area contributed by atoms with E-state index >= 15 is 0 Å². The third-order valence-electron chi connectivity index (χ3n) is 8.15. The Morgan fingerprint density at radius 2 is 1.63 bits per heavy atom. The first-order valence-corrected chi connectivity index (χ1v) is 14.6. The highest BCUT2D eigenvalue weighted by atomic mass is 35.5. The molecule has 43 heavy (non-hydrogen) atoms. The summed E-state index contributed by atoms with van der Waals surface area (Å²) in [5.41, 5.74) is 1.14. The quantitative estimate of drug-likeness (QED) is 0.294. The zero-order chi connectivity index (χ0) is 30.4. The molecule has 2 fully saturated rings. The SMILES string of the molecule is CCOc1ccccc1N1C(=O)CC(N2CCN(c3nc4c(c(=O)n(C)c(=O)n4C)n3Cc3ccc(Cl)cc3)CC2)C1=O. The molecule has 2 aliphatic heterocycles. The summed E-state index contributed by atoms with van der Waals surface area (Å²) in [6.07, 6.45) is 0.0898. The standard InChI is InChI=1S/C30H32ClN7O5/c1-4-43-23-8-6-5-7-21(23)38-24(39)17-22(27(38)40)35-13-15-36(16-14-35)29-32-26-25(28(41)34(3)30(42)33(26)2)37(29)18-19-9-11-20(31)12-10-19/h5-12,22H,4,13-18H2,1-3H3. The van der Waals surface area contributed by atoms with Crippen LogP contribution in [0.25, 0.3) is 11.2 Å². The van der Waals surface area contributed by atoms with Crippen LogP contribution in [0.3, 0.4) is 0 Å². The average molecular weight is 606 g/mol. The van der Waals surface area contributed by atoms with Crippen LogP contribution in [-0.4, -0.2) is 74.2 Å². The van der Waals surface area contributed by atoms with Crippen LogP contribution in [0.5, 0.6) is 5.75 Å². The number of hydrogen-bond acceptors (Lipinski definition) is 8. The minimum Gasteiger partial charge on any atom is -0.492 e. The smallest absolute Gasteiger partial charge is 0.332 e. The summed E-state index contributed by atoms with van der Waals surface area (Å²) in [7, 11) is 3.06. The summed E-state index contributed by atoms with van der Waals surface area (Å²) in [5, 5.41) is 0.605. The number of hydrogen-bond donors (Lipinski definition) is 0. The monoisotopic (exact) mass is 605 g/mol. The third-order valence-corrected chi connectivity index (χ3v) is 8.40. The van der Waals surface area contributed by atoms with Gasteiger partial charge in [0.15, 0.2) is 11.2 Å². The molecule has 224 valence electrons. The predicted molar refractivity (Wildman–Crippen MR) is 163 cm³/mol. The minimum absolute atomic E-state index is 0.0898. The van der Waals surface area contributed by atoms with Gasteiger partial charge in [-0.15, -0.1) is 0 Å². The second kappa shape index (κ2) is 11.3. The van der Waals surface area contributed by atoms with Gasteiger partial charge in [0, 0.05) is 45.3 Å². The Hall–Kier alpha value is -4.42. The number of halogens is 1. The van der Waals surface area contributed by atoms with Gasteiger partial charge in [-0.05, 0) is 36.8 Å². The second-order valence-electron chi connectivity index (χ2n) is 10.7. The molecular weight excluding hydrogens is 574 g/mol. The molecule has 0 saturated carbocycles. The van der Waals surface area contributed by atoms with Gasteiger partial charge >= 0.3 is 5.69 Å². The van der Waals surface area contributed by atoms with E-state index in [0.29, 0.717) is 72.9 Å². The fraction of sp³-hybridized carbons (Fsp3) is 0.367. The molecule has 0 N–H and O–H groups in total. The van der Waals surface area contributed by atoms with Crippen molar-refractivity contribution in [3.05, 3.63) is 80.0 Å². The number of benzene rings is 2. The molecule has 13 heteroatoms. The maximum Gasteiger partial charge on any atom is 0.332 e. The molecule has 4 heterocycles. The normalized spacial score (nSPS) is 17.8. The van der Waals surface area contributed by atoms with Crippen molar-refractivity contribution in [1.29, 1.82) is 0 Å². The summed E-state index contributed by atoms with van der Waals surface area (Å²) < 4.78 is 9.99. The Bertz CT molecular complexity index is 1840. The lowest BCUT2D eigenvalue weighted by Crippen LogP contribution is -2.53. The summed E-state index contributed by atoms with van der Waals surface area (Å²) in [6.45, 7) is 4.64. The number of carbonyl (C=O) groups is 2. The number of piperazine rings is 1. The molecular formula is C30H32ClN7O5. The van der Waals surface area contributed by atoms with E-state index in [-0.39, 0.29) is 18.2 Å². The first-order valence-electron chi connectivity index (χ1n) is 14.2. The highest BCUT2D eigenvalue weighted by Crippen LogP contribution is 2.34. The van der Waals surface area contributed by atoms with E-state index in [2.05, 4.69) is 4.90 Å². The van der Waals surface area contributed by atoms with Crippen LogP contribution < -0.4 is 25.8 Å². The van der Waals surface area contributed by atoms with Crippen molar-refractivity contribution in [2.45, 2.75) is 25.9 Å². The summed E-state index contributed by atoms with van der Waals surface area (Å²) in [4.78, 5) is 62.8. The molecule has 2 aromatic carbocycles.